The molecule has 0 radical (unpaired) electrons. The van der Waals surface area contributed by atoms with E-state index < -0.39 is 0 Å². The Labute approximate surface area is 196 Å². The van der Waals surface area contributed by atoms with Crippen LogP contribution in [0.4, 0.5) is 17.3 Å². The molecule has 0 spiro atoms. The summed E-state index contributed by atoms with van der Waals surface area (Å²) in [5.41, 5.74) is 1.88. The Hall–Kier alpha value is -2.70. The predicted molar refractivity (Wildman–Crippen MR) is 131 cm³/mol. The Morgan fingerprint density at radius 2 is 1.76 bits per heavy atom. The molecule has 3 fully saturated rings. The normalized spacial score (nSPS) is 27.1. The Balaban J connectivity index is 1.37. The average Bonchev–Trinajstić information content (AvgIpc) is 3.03. The number of fused-ring (bicyclic) bond motifs is 2. The number of aromatic nitrogens is 2. The molecule has 33 heavy (non-hydrogen) atoms. The van der Waals surface area contributed by atoms with Gasteiger partial charge in [0.25, 0.3) is 0 Å². The first-order valence-electron chi connectivity index (χ1n) is 12.3. The number of hydrogen-bond acceptors (Lipinski definition) is 6. The standard InChI is InChI=1S/C26H35N5O2/c1-25(2)14-21-15-26(3,16-25)17-30(21)24-22(31(32)33)23(27-18-28-24)29-11-9-20(10-12-29)13-19-7-5-4-6-8-19/h4-8,18,20-21H,9-17H2,1-3H3. The third kappa shape index (κ3) is 4.42. The van der Waals surface area contributed by atoms with E-state index >= 15 is 0 Å². The van der Waals surface area contributed by atoms with Crippen LogP contribution in [0.3, 0.4) is 0 Å². The minimum Gasteiger partial charge on any atom is -0.351 e. The van der Waals surface area contributed by atoms with Gasteiger partial charge >= 0.3 is 5.69 Å². The van der Waals surface area contributed by atoms with Crippen molar-refractivity contribution in [3.63, 3.8) is 0 Å². The van der Waals surface area contributed by atoms with Crippen molar-refractivity contribution in [1.29, 1.82) is 0 Å². The molecule has 1 saturated carbocycles. The molecule has 2 aromatic rings. The molecule has 1 aromatic carbocycles. The Morgan fingerprint density at radius 1 is 1.06 bits per heavy atom. The van der Waals surface area contributed by atoms with Crippen LogP contribution in [0.15, 0.2) is 36.7 Å². The molecule has 0 N–H and O–H groups in total. The van der Waals surface area contributed by atoms with Crippen molar-refractivity contribution in [1.82, 2.24) is 9.97 Å². The number of piperidine rings is 1. The van der Waals surface area contributed by atoms with Crippen LogP contribution in [0.2, 0.25) is 0 Å². The van der Waals surface area contributed by atoms with E-state index in [1.165, 1.54) is 11.9 Å². The number of hydrogen-bond donors (Lipinski definition) is 0. The summed E-state index contributed by atoms with van der Waals surface area (Å²) in [4.78, 5) is 25.3. The van der Waals surface area contributed by atoms with Crippen LogP contribution in [0.25, 0.3) is 0 Å². The molecule has 176 valence electrons. The summed E-state index contributed by atoms with van der Waals surface area (Å²) in [6.45, 7) is 9.39. The Kier molecular flexibility index (Phi) is 5.53. The van der Waals surface area contributed by atoms with E-state index in [0.717, 1.165) is 58.2 Å². The maximum Gasteiger partial charge on any atom is 0.353 e. The predicted octanol–water partition coefficient (Wildman–Crippen LogP) is 5.25. The van der Waals surface area contributed by atoms with Gasteiger partial charge in [0.05, 0.1) is 4.92 Å². The summed E-state index contributed by atoms with van der Waals surface area (Å²) >= 11 is 0. The summed E-state index contributed by atoms with van der Waals surface area (Å²) < 4.78 is 0. The first-order valence-corrected chi connectivity index (χ1v) is 12.3. The lowest BCUT2D eigenvalue weighted by molar-refractivity contribution is -0.383. The maximum atomic E-state index is 12.3. The van der Waals surface area contributed by atoms with Crippen molar-refractivity contribution in [2.45, 2.75) is 65.3 Å². The third-order valence-electron chi connectivity index (χ3n) is 7.93. The average molecular weight is 450 g/mol. The summed E-state index contributed by atoms with van der Waals surface area (Å²) in [5, 5.41) is 12.3. The molecule has 2 bridgehead atoms. The van der Waals surface area contributed by atoms with Gasteiger partial charge in [0.2, 0.25) is 11.6 Å². The van der Waals surface area contributed by atoms with Gasteiger partial charge in [0.15, 0.2) is 0 Å². The van der Waals surface area contributed by atoms with Gasteiger partial charge in [-0.2, -0.15) is 0 Å². The largest absolute Gasteiger partial charge is 0.353 e. The SMILES string of the molecule is CC1(C)CC2CC(C)(CN2c2ncnc(N3CCC(Cc4ccccc4)CC3)c2[N+](=O)[O-])C1. The van der Waals surface area contributed by atoms with E-state index in [2.05, 4.69) is 64.8 Å². The van der Waals surface area contributed by atoms with Gasteiger partial charge in [-0.15, -0.1) is 0 Å². The van der Waals surface area contributed by atoms with Gasteiger partial charge in [-0.05, 0) is 60.8 Å². The zero-order chi connectivity index (χ0) is 23.2. The first-order chi connectivity index (χ1) is 15.7. The molecule has 3 aliphatic rings. The fourth-order valence-electron chi connectivity index (χ4n) is 6.97. The highest BCUT2D eigenvalue weighted by Crippen LogP contribution is 2.54. The fraction of sp³-hybridized carbons (Fsp3) is 0.615. The smallest absolute Gasteiger partial charge is 0.351 e. The molecule has 2 saturated heterocycles. The first kappa shape index (κ1) is 22.1. The molecular weight excluding hydrogens is 414 g/mol. The fourth-order valence-corrected chi connectivity index (χ4v) is 6.97. The lowest BCUT2D eigenvalue weighted by atomic mass is 9.65. The molecule has 1 aromatic heterocycles. The van der Waals surface area contributed by atoms with E-state index in [4.69, 9.17) is 0 Å². The molecule has 2 unspecified atom stereocenters. The van der Waals surface area contributed by atoms with Gasteiger partial charge in [-0.1, -0.05) is 51.1 Å². The molecule has 2 aliphatic heterocycles. The molecular formula is C26H35N5O2. The summed E-state index contributed by atoms with van der Waals surface area (Å²) in [5.74, 6) is 1.61. The van der Waals surface area contributed by atoms with Gasteiger partial charge in [-0.3, -0.25) is 10.1 Å². The number of benzene rings is 1. The molecule has 3 heterocycles. The Bertz CT molecular complexity index is 1020. The number of anilines is 2. The maximum absolute atomic E-state index is 12.3. The van der Waals surface area contributed by atoms with Crippen molar-refractivity contribution in [3.8, 4) is 0 Å². The second-order valence-electron chi connectivity index (χ2n) is 11.6. The lowest BCUT2D eigenvalue weighted by Crippen LogP contribution is -2.37. The highest BCUT2D eigenvalue weighted by molar-refractivity contribution is 5.72. The molecule has 0 amide bonds. The van der Waals surface area contributed by atoms with Crippen molar-refractivity contribution >= 4 is 17.3 Å². The van der Waals surface area contributed by atoms with Crippen LogP contribution in [-0.4, -0.2) is 40.6 Å². The van der Waals surface area contributed by atoms with Gasteiger partial charge in [0, 0.05) is 25.7 Å². The van der Waals surface area contributed by atoms with Gasteiger partial charge in [0.1, 0.15) is 6.33 Å². The highest BCUT2D eigenvalue weighted by Gasteiger charge is 2.51. The van der Waals surface area contributed by atoms with Gasteiger partial charge in [-0.25, -0.2) is 9.97 Å². The second-order valence-corrected chi connectivity index (χ2v) is 11.6. The van der Waals surface area contributed by atoms with Gasteiger partial charge < -0.3 is 9.80 Å². The molecule has 7 nitrogen and oxygen atoms in total. The van der Waals surface area contributed by atoms with Crippen molar-refractivity contribution in [2.75, 3.05) is 29.4 Å². The summed E-state index contributed by atoms with van der Waals surface area (Å²) in [7, 11) is 0. The topological polar surface area (TPSA) is 75.4 Å². The van der Waals surface area contributed by atoms with Crippen molar-refractivity contribution in [3.05, 3.63) is 52.3 Å². The third-order valence-corrected chi connectivity index (χ3v) is 7.93. The van der Waals surface area contributed by atoms with E-state index in [0.29, 0.717) is 23.6 Å². The minimum absolute atomic E-state index is 0.0907. The van der Waals surface area contributed by atoms with E-state index in [-0.39, 0.29) is 21.4 Å². The van der Waals surface area contributed by atoms with Crippen LogP contribution in [0, 0.1) is 26.9 Å². The van der Waals surface area contributed by atoms with Crippen LogP contribution < -0.4 is 9.80 Å². The molecule has 5 rings (SSSR count). The summed E-state index contributed by atoms with van der Waals surface area (Å²) in [6.07, 6.45) is 7.91. The van der Waals surface area contributed by atoms with Crippen molar-refractivity contribution < 1.29 is 4.92 Å². The Morgan fingerprint density at radius 3 is 2.45 bits per heavy atom. The minimum atomic E-state index is -0.253. The van der Waals surface area contributed by atoms with E-state index in [1.54, 1.807) is 0 Å². The zero-order valence-corrected chi connectivity index (χ0v) is 20.0. The van der Waals surface area contributed by atoms with Crippen molar-refractivity contribution in [2.24, 2.45) is 16.7 Å². The van der Waals surface area contributed by atoms with Crippen LogP contribution in [0.5, 0.6) is 0 Å². The number of nitro groups is 1. The van der Waals surface area contributed by atoms with Crippen LogP contribution in [0.1, 0.15) is 58.4 Å². The lowest BCUT2D eigenvalue weighted by Gasteiger charge is -2.39. The molecule has 1 aliphatic carbocycles. The number of nitrogens with zero attached hydrogens (tertiary/aromatic N) is 5. The monoisotopic (exact) mass is 449 g/mol. The second kappa shape index (κ2) is 8.26. The molecule has 2 atom stereocenters. The zero-order valence-electron chi connectivity index (χ0n) is 20.0. The summed E-state index contributed by atoms with van der Waals surface area (Å²) in [6, 6.07) is 10.9. The quantitative estimate of drug-likeness (QED) is 0.458. The highest BCUT2D eigenvalue weighted by atomic mass is 16.6. The van der Waals surface area contributed by atoms with Crippen LogP contribution >= 0.6 is 0 Å². The number of rotatable bonds is 5. The van der Waals surface area contributed by atoms with E-state index in [1.807, 2.05) is 6.07 Å². The van der Waals surface area contributed by atoms with E-state index in [9.17, 15) is 10.1 Å². The molecule has 7 heteroatoms. The van der Waals surface area contributed by atoms with Crippen LogP contribution in [-0.2, 0) is 6.42 Å².